The van der Waals surface area contributed by atoms with E-state index in [9.17, 15) is 52.7 Å². The average molecular weight is 1390 g/mol. The highest BCUT2D eigenvalue weighted by Gasteiger charge is 2.44. The van der Waals surface area contributed by atoms with Gasteiger partial charge in [-0.1, -0.05) is 163 Å². The second-order valence-electron chi connectivity index (χ2n) is 16.6. The van der Waals surface area contributed by atoms with Crippen molar-refractivity contribution in [1.82, 2.24) is 0 Å². The summed E-state index contributed by atoms with van der Waals surface area (Å²) >= 11 is 51.3. The third-order valence-corrected chi connectivity index (χ3v) is 17.7. The highest BCUT2D eigenvalue weighted by Crippen LogP contribution is 2.53. The standard InChI is InChI=1S/C54H12Cl8F20S2/c55-27-17(28(56)32(60)21(31(27)59)19(23-35(63)43(71)51(79)44(72)36(23)64)24-37(65)45(73)52(80)46(74)38(24)66)11-5-13-1-7-15(8-2-13)83-84-16-9-3-14(4-10-16)6-12-18-29(57)33(61)22(34(62)30(18)58)20(25-39(67)47(75)53(81)48(76)40(25)68)26-41(69)49(77)54(82)50(78)42(26)70/h1-12H/b11-5+,12-6+. The van der Waals surface area contributed by atoms with E-state index in [0.29, 0.717) is 20.9 Å². The lowest BCUT2D eigenvalue weighted by molar-refractivity contribution is 0.366. The van der Waals surface area contributed by atoms with Gasteiger partial charge in [0.2, 0.25) is 23.3 Å². The van der Waals surface area contributed by atoms with Gasteiger partial charge in [0, 0.05) is 54.3 Å². The fourth-order valence-electron chi connectivity index (χ4n) is 7.80. The zero-order valence-corrected chi connectivity index (χ0v) is 47.0. The molecule has 84 heavy (non-hydrogen) atoms. The molecule has 0 atom stereocenters. The minimum absolute atomic E-state index is 0.342. The molecule has 0 nitrogen and oxygen atoms in total. The van der Waals surface area contributed by atoms with Crippen LogP contribution in [-0.2, 0) is 0 Å². The highest BCUT2D eigenvalue weighted by molar-refractivity contribution is 8.76. The first kappa shape index (κ1) is 64.8. The molecule has 0 amide bonds. The van der Waals surface area contributed by atoms with E-state index in [-0.39, 0.29) is 11.1 Å². The highest BCUT2D eigenvalue weighted by atomic mass is 35.5. The number of benzene rings is 8. The summed E-state index contributed by atoms with van der Waals surface area (Å²) < 4.78 is 296. The SMILES string of the molecule is Fc1c(F)c(F)c([C](c2c(F)c(F)c(F)c(F)c2F)c2c(Cl)c(Cl)c(/C=C/c3ccc(SSc4ccc(/C=C/c5c(Cl)c(Cl)c([C](c6c(F)c(F)c(F)c(F)c6F)c6c(F)c(F)c(F)c(F)c6F)c(Cl)c5Cl)cc4)cc3)c(Cl)c2Cl)c(F)c1F. The van der Waals surface area contributed by atoms with Gasteiger partial charge in [-0.2, -0.15) is 0 Å². The molecule has 0 aliphatic rings. The largest absolute Gasteiger partial charge is 0.203 e. The fraction of sp³-hybridized carbons (Fsp3) is 0. The molecular weight excluding hydrogens is 1380 g/mol. The van der Waals surface area contributed by atoms with Crippen molar-refractivity contribution >= 4 is 139 Å². The number of hydrogen-bond acceptors (Lipinski definition) is 2. The van der Waals surface area contributed by atoms with Crippen LogP contribution < -0.4 is 0 Å². The predicted octanol–water partition coefficient (Wildman–Crippen LogP) is 22.9. The molecule has 2 radical (unpaired) electrons. The van der Waals surface area contributed by atoms with Gasteiger partial charge in [0.15, 0.2) is 93.1 Å². The van der Waals surface area contributed by atoms with Gasteiger partial charge < -0.3 is 0 Å². The second-order valence-corrected chi connectivity index (χ2v) is 21.9. The maximum atomic E-state index is 15.4. The van der Waals surface area contributed by atoms with E-state index in [4.69, 9.17) is 92.8 Å². The van der Waals surface area contributed by atoms with Crippen LogP contribution in [0, 0.1) is 128 Å². The molecule has 0 unspecified atom stereocenters. The van der Waals surface area contributed by atoms with E-state index in [1.54, 1.807) is 48.5 Å². The third-order valence-electron chi connectivity index (χ3n) is 11.8. The maximum Gasteiger partial charge on any atom is 0.200 e. The van der Waals surface area contributed by atoms with E-state index in [1.165, 1.54) is 33.7 Å². The Morgan fingerprint density at radius 3 is 0.595 bits per heavy atom. The Kier molecular flexibility index (Phi) is 19.5. The fourth-order valence-corrected chi connectivity index (χ4v) is 12.1. The molecule has 0 N–H and O–H groups in total. The first-order valence-electron chi connectivity index (χ1n) is 21.8. The van der Waals surface area contributed by atoms with Crippen molar-refractivity contribution in [2.45, 2.75) is 9.79 Å². The summed E-state index contributed by atoms with van der Waals surface area (Å²) in [4.78, 5) is 1.25. The van der Waals surface area contributed by atoms with Crippen molar-refractivity contribution in [1.29, 1.82) is 0 Å². The van der Waals surface area contributed by atoms with Crippen molar-refractivity contribution in [3.8, 4) is 0 Å². The Hall–Kier alpha value is -5.14. The monoisotopic (exact) mass is 1380 g/mol. The van der Waals surface area contributed by atoms with Crippen LogP contribution in [0.5, 0.6) is 0 Å². The van der Waals surface area contributed by atoms with Gasteiger partial charge in [-0.05, 0) is 35.4 Å². The number of hydrogen-bond donors (Lipinski definition) is 0. The second kappa shape index (κ2) is 25.3. The minimum atomic E-state index is -2.79. The van der Waals surface area contributed by atoms with Crippen LogP contribution in [0.25, 0.3) is 24.3 Å². The van der Waals surface area contributed by atoms with Crippen molar-refractivity contribution in [3.05, 3.63) is 273 Å². The smallest absolute Gasteiger partial charge is 0.200 e. The maximum absolute atomic E-state index is 15.4. The predicted molar refractivity (Wildman–Crippen MR) is 281 cm³/mol. The number of halogens is 28. The molecule has 0 heterocycles. The Morgan fingerprint density at radius 2 is 0.405 bits per heavy atom. The normalized spacial score (nSPS) is 12.0. The zero-order chi connectivity index (χ0) is 62.1. The van der Waals surface area contributed by atoms with Gasteiger partial charge in [0.25, 0.3) is 0 Å². The third kappa shape index (κ3) is 11.3. The lowest BCUT2D eigenvalue weighted by Gasteiger charge is -2.25. The molecule has 0 bridgehead atoms. The molecule has 8 rings (SSSR count). The minimum Gasteiger partial charge on any atom is -0.203 e. The Balaban J connectivity index is 1.03. The molecule has 0 saturated heterocycles. The van der Waals surface area contributed by atoms with Crippen LogP contribution in [0.4, 0.5) is 87.8 Å². The molecule has 436 valence electrons. The van der Waals surface area contributed by atoms with Crippen molar-refractivity contribution in [3.63, 3.8) is 0 Å². The summed E-state index contributed by atoms with van der Waals surface area (Å²) in [5.74, 6) is -59.0. The summed E-state index contributed by atoms with van der Waals surface area (Å²) in [7, 11) is 2.44. The first-order valence-corrected chi connectivity index (χ1v) is 27.0. The average Bonchev–Trinajstić information content (AvgIpc) is 0.907. The molecule has 30 heteroatoms. The zero-order valence-electron chi connectivity index (χ0n) is 39.3. The molecule has 8 aromatic rings. The molecule has 0 fully saturated rings. The van der Waals surface area contributed by atoms with Crippen LogP contribution in [0.3, 0.4) is 0 Å². The lowest BCUT2D eigenvalue weighted by atomic mass is 9.82. The van der Waals surface area contributed by atoms with Gasteiger partial charge >= 0.3 is 0 Å². The molecule has 8 aromatic carbocycles. The van der Waals surface area contributed by atoms with E-state index >= 15 is 35.1 Å². The first-order chi connectivity index (χ1) is 39.4. The summed E-state index contributed by atoms with van der Waals surface area (Å²) in [5.41, 5.74) is -11.5. The van der Waals surface area contributed by atoms with Crippen molar-refractivity contribution in [2.24, 2.45) is 0 Å². The molecule has 0 spiro atoms. The quantitative estimate of drug-likeness (QED) is 0.0282. The summed E-state index contributed by atoms with van der Waals surface area (Å²) in [6, 6.07) is 12.6. The van der Waals surface area contributed by atoms with Gasteiger partial charge in [-0.15, -0.1) is 0 Å². The van der Waals surface area contributed by atoms with Crippen molar-refractivity contribution < 1.29 is 87.8 Å². The molecule has 0 aliphatic heterocycles. The summed E-state index contributed by atoms with van der Waals surface area (Å²) in [5, 5.41) is -7.38. The molecule has 0 aliphatic carbocycles. The Bertz CT molecular complexity index is 3570. The van der Waals surface area contributed by atoms with Gasteiger partial charge in [0.05, 0.1) is 52.0 Å². The number of rotatable bonds is 13. The van der Waals surface area contributed by atoms with Crippen LogP contribution in [0.15, 0.2) is 58.3 Å². The van der Waals surface area contributed by atoms with Gasteiger partial charge in [-0.3, -0.25) is 0 Å². The topological polar surface area (TPSA) is 0 Å². The van der Waals surface area contributed by atoms with E-state index in [1.807, 2.05) is 0 Å². The van der Waals surface area contributed by atoms with E-state index in [2.05, 4.69) is 0 Å². The Labute approximate surface area is 505 Å². The lowest BCUT2D eigenvalue weighted by Crippen LogP contribution is -2.20. The van der Waals surface area contributed by atoms with Crippen LogP contribution in [0.2, 0.25) is 40.2 Å². The Morgan fingerprint density at radius 1 is 0.226 bits per heavy atom. The van der Waals surface area contributed by atoms with Gasteiger partial charge in [0.1, 0.15) is 0 Å². The van der Waals surface area contributed by atoms with Crippen LogP contribution in [-0.4, -0.2) is 0 Å². The van der Waals surface area contributed by atoms with E-state index < -0.39 is 202 Å². The van der Waals surface area contributed by atoms with E-state index in [0.717, 1.165) is 12.2 Å². The summed E-state index contributed by atoms with van der Waals surface area (Å²) in [6.07, 6.45) is 4.95. The van der Waals surface area contributed by atoms with Crippen molar-refractivity contribution in [2.75, 3.05) is 0 Å². The summed E-state index contributed by atoms with van der Waals surface area (Å²) in [6.45, 7) is 0. The molecule has 0 saturated carbocycles. The van der Waals surface area contributed by atoms with Crippen LogP contribution >= 0.6 is 114 Å². The molecule has 0 aromatic heterocycles. The van der Waals surface area contributed by atoms with Crippen LogP contribution in [0.1, 0.15) is 55.6 Å². The molecular formula is C54H12Cl8F20S2. The van der Waals surface area contributed by atoms with Gasteiger partial charge in [-0.25, -0.2) is 87.8 Å².